The molecule has 0 radical (unpaired) electrons. The summed E-state index contributed by atoms with van der Waals surface area (Å²) in [5, 5.41) is 8.28. The second-order valence-corrected chi connectivity index (χ2v) is 8.33. The minimum Gasteiger partial charge on any atom is -0.370 e. The van der Waals surface area contributed by atoms with Crippen molar-refractivity contribution in [3.8, 4) is 11.4 Å². The van der Waals surface area contributed by atoms with E-state index in [2.05, 4.69) is 16.5 Å². The van der Waals surface area contributed by atoms with Gasteiger partial charge in [0.25, 0.3) is 0 Å². The summed E-state index contributed by atoms with van der Waals surface area (Å²) in [6.45, 7) is 2.13. The Labute approximate surface area is 184 Å². The molecule has 3 N–H and O–H groups in total. The number of aryl methyl sites for hydroxylation is 1. The molecule has 8 heteroatoms. The van der Waals surface area contributed by atoms with Gasteiger partial charge in [0.2, 0.25) is 11.8 Å². The molecule has 0 aliphatic heterocycles. The molecule has 1 aliphatic rings. The van der Waals surface area contributed by atoms with Crippen LogP contribution in [0.25, 0.3) is 33.3 Å². The quantitative estimate of drug-likeness (QED) is 0.465. The van der Waals surface area contributed by atoms with Gasteiger partial charge >= 0.3 is 0 Å². The van der Waals surface area contributed by atoms with Crippen LogP contribution >= 0.6 is 0 Å². The van der Waals surface area contributed by atoms with Crippen molar-refractivity contribution in [1.29, 1.82) is 0 Å². The summed E-state index contributed by atoms with van der Waals surface area (Å²) >= 11 is 0. The number of primary amides is 1. The van der Waals surface area contributed by atoms with Crippen LogP contribution in [-0.2, 0) is 16.1 Å². The first-order chi connectivity index (χ1) is 15.5. The van der Waals surface area contributed by atoms with Crippen LogP contribution in [-0.4, -0.2) is 31.6 Å². The van der Waals surface area contributed by atoms with Gasteiger partial charge in [0.1, 0.15) is 5.52 Å². The van der Waals surface area contributed by atoms with Gasteiger partial charge < -0.3 is 11.1 Å². The molecule has 8 nitrogen and oxygen atoms in total. The summed E-state index contributed by atoms with van der Waals surface area (Å²) in [5.41, 5.74) is 11.6. The average molecular weight is 428 g/mol. The molecular formula is C24H24N6O2. The fourth-order valence-corrected chi connectivity index (χ4v) is 4.09. The zero-order valence-corrected chi connectivity index (χ0v) is 17.8. The number of nitrogens with one attached hydrogen (secondary N) is 1. The molecule has 3 heterocycles. The monoisotopic (exact) mass is 428 g/mol. The van der Waals surface area contributed by atoms with Gasteiger partial charge in [0, 0.05) is 31.0 Å². The molecule has 1 aliphatic carbocycles. The highest BCUT2D eigenvalue weighted by Crippen LogP contribution is 2.44. The van der Waals surface area contributed by atoms with Crippen LogP contribution in [0.4, 0.5) is 5.69 Å². The Balaban J connectivity index is 1.52. The van der Waals surface area contributed by atoms with Gasteiger partial charge in [-0.2, -0.15) is 5.10 Å². The number of anilines is 1. The van der Waals surface area contributed by atoms with Crippen LogP contribution in [0.2, 0.25) is 0 Å². The minimum atomic E-state index is -0.295. The average Bonchev–Trinajstić information content (AvgIpc) is 3.53. The van der Waals surface area contributed by atoms with E-state index in [-0.39, 0.29) is 11.8 Å². The summed E-state index contributed by atoms with van der Waals surface area (Å²) in [4.78, 5) is 32.1. The lowest BCUT2D eigenvalue weighted by molar-refractivity contribution is -0.118. The molecule has 3 aromatic heterocycles. The lowest BCUT2D eigenvalue weighted by Gasteiger charge is -2.10. The van der Waals surface area contributed by atoms with Crippen LogP contribution in [0.1, 0.15) is 44.1 Å². The van der Waals surface area contributed by atoms with Gasteiger partial charge in [-0.1, -0.05) is 6.07 Å². The van der Waals surface area contributed by atoms with Crippen molar-refractivity contribution in [3.05, 3.63) is 48.2 Å². The Hall–Kier alpha value is -3.81. The Morgan fingerprint density at radius 1 is 1.09 bits per heavy atom. The summed E-state index contributed by atoms with van der Waals surface area (Å²) in [6.07, 6.45) is 5.10. The lowest BCUT2D eigenvalue weighted by atomic mass is 10.1. The van der Waals surface area contributed by atoms with Gasteiger partial charge in [0.15, 0.2) is 0 Å². The Morgan fingerprint density at radius 2 is 1.91 bits per heavy atom. The van der Waals surface area contributed by atoms with Crippen LogP contribution < -0.4 is 11.1 Å². The number of rotatable bonds is 7. The summed E-state index contributed by atoms with van der Waals surface area (Å²) < 4.78 is 1.94. The first-order valence-electron chi connectivity index (χ1n) is 10.8. The van der Waals surface area contributed by atoms with Crippen molar-refractivity contribution in [3.63, 3.8) is 0 Å². The third-order valence-electron chi connectivity index (χ3n) is 5.71. The number of amides is 2. The molecule has 0 unspecified atom stereocenters. The van der Waals surface area contributed by atoms with Crippen molar-refractivity contribution in [2.75, 3.05) is 5.32 Å². The van der Waals surface area contributed by atoms with E-state index in [9.17, 15) is 9.59 Å². The topological polar surface area (TPSA) is 116 Å². The van der Waals surface area contributed by atoms with Crippen molar-refractivity contribution in [2.24, 2.45) is 5.73 Å². The number of pyridine rings is 2. The highest BCUT2D eigenvalue weighted by atomic mass is 16.1. The minimum absolute atomic E-state index is 0.103. The zero-order valence-electron chi connectivity index (χ0n) is 17.8. The van der Waals surface area contributed by atoms with E-state index in [0.29, 0.717) is 25.3 Å². The van der Waals surface area contributed by atoms with Crippen LogP contribution in [0, 0.1) is 0 Å². The van der Waals surface area contributed by atoms with Crippen molar-refractivity contribution < 1.29 is 9.59 Å². The van der Waals surface area contributed by atoms with Crippen molar-refractivity contribution >= 4 is 39.4 Å². The van der Waals surface area contributed by atoms with E-state index < -0.39 is 0 Å². The Morgan fingerprint density at radius 3 is 2.66 bits per heavy atom. The van der Waals surface area contributed by atoms with Gasteiger partial charge in [0.05, 0.1) is 28.6 Å². The highest BCUT2D eigenvalue weighted by molar-refractivity contribution is 5.93. The molecule has 0 atom stereocenters. The third-order valence-corrected chi connectivity index (χ3v) is 5.71. The number of carbonyl (C=O) groups excluding carboxylic acids is 2. The van der Waals surface area contributed by atoms with Gasteiger partial charge in [-0.05, 0) is 61.1 Å². The summed E-state index contributed by atoms with van der Waals surface area (Å²) in [7, 11) is 0. The zero-order chi connectivity index (χ0) is 22.2. The number of nitrogens with two attached hydrogens (primary N) is 1. The van der Waals surface area contributed by atoms with Gasteiger partial charge in [-0.3, -0.25) is 14.3 Å². The van der Waals surface area contributed by atoms with Gasteiger partial charge in [-0.25, -0.2) is 9.97 Å². The highest BCUT2D eigenvalue weighted by Gasteiger charge is 2.28. The first-order valence-corrected chi connectivity index (χ1v) is 10.8. The molecule has 1 aromatic carbocycles. The molecule has 4 aromatic rings. The number of carbonyl (C=O) groups is 2. The standard InChI is InChI=1S/C24H24N6O2/c1-14(31)27-17-7-9-19-16(11-17)6-8-20(28-19)21-12-18(15-4-5-15)24-22(29-21)13-26-30(24)10-2-3-23(25)32/h6-9,11-13,15H,2-5,10H2,1H3,(H2,25,32)(H,27,31). The second kappa shape index (κ2) is 8.03. The van der Waals surface area contributed by atoms with E-state index in [4.69, 9.17) is 15.7 Å². The molecule has 2 amide bonds. The van der Waals surface area contributed by atoms with E-state index >= 15 is 0 Å². The summed E-state index contributed by atoms with van der Waals surface area (Å²) in [6, 6.07) is 11.8. The van der Waals surface area contributed by atoms with Crippen LogP contribution in [0.3, 0.4) is 0 Å². The van der Waals surface area contributed by atoms with Crippen LogP contribution in [0.15, 0.2) is 42.6 Å². The van der Waals surface area contributed by atoms with E-state index in [1.807, 2.05) is 35.0 Å². The third kappa shape index (κ3) is 4.03. The number of nitrogens with zero attached hydrogens (tertiary/aromatic N) is 4. The van der Waals surface area contributed by atoms with Crippen LogP contribution in [0.5, 0.6) is 0 Å². The number of benzene rings is 1. The molecular weight excluding hydrogens is 404 g/mol. The predicted molar refractivity (Wildman–Crippen MR) is 123 cm³/mol. The fraction of sp³-hybridized carbons (Fsp3) is 0.292. The number of aromatic nitrogens is 4. The molecule has 0 saturated heterocycles. The molecule has 1 fully saturated rings. The van der Waals surface area contributed by atoms with E-state index in [1.165, 1.54) is 12.5 Å². The maximum atomic E-state index is 11.3. The Bertz CT molecular complexity index is 1360. The second-order valence-electron chi connectivity index (χ2n) is 8.33. The predicted octanol–water partition coefficient (Wildman–Crippen LogP) is 3.75. The summed E-state index contributed by atoms with van der Waals surface area (Å²) in [5.74, 6) is 0.108. The normalized spacial score (nSPS) is 13.5. The number of hydrogen-bond acceptors (Lipinski definition) is 5. The number of fused-ring (bicyclic) bond motifs is 2. The van der Waals surface area contributed by atoms with E-state index in [1.54, 1.807) is 6.20 Å². The molecule has 162 valence electrons. The molecule has 32 heavy (non-hydrogen) atoms. The van der Waals surface area contributed by atoms with Crippen molar-refractivity contribution in [1.82, 2.24) is 19.7 Å². The maximum absolute atomic E-state index is 11.3. The maximum Gasteiger partial charge on any atom is 0.221 e. The van der Waals surface area contributed by atoms with E-state index in [0.717, 1.165) is 51.9 Å². The fourth-order valence-electron chi connectivity index (χ4n) is 4.09. The largest absolute Gasteiger partial charge is 0.370 e. The van der Waals surface area contributed by atoms with Crippen molar-refractivity contribution in [2.45, 2.75) is 45.1 Å². The molecule has 0 spiro atoms. The molecule has 1 saturated carbocycles. The first kappa shape index (κ1) is 20.1. The Kier molecular flexibility index (Phi) is 5.05. The molecule has 5 rings (SSSR count). The lowest BCUT2D eigenvalue weighted by Crippen LogP contribution is -2.12. The number of hydrogen-bond donors (Lipinski definition) is 2. The van der Waals surface area contributed by atoms with Gasteiger partial charge in [-0.15, -0.1) is 0 Å². The SMILES string of the molecule is CC(=O)Nc1ccc2nc(-c3cc(C4CC4)c4c(cnn4CCCC(N)=O)n3)ccc2c1. The molecule has 0 bridgehead atoms. The smallest absolute Gasteiger partial charge is 0.221 e.